The van der Waals surface area contributed by atoms with Gasteiger partial charge in [0.2, 0.25) is 0 Å². The molecule has 1 aliphatic carbocycles. The molecule has 118 valence electrons. The van der Waals surface area contributed by atoms with E-state index in [0.717, 1.165) is 49.0 Å². The Morgan fingerprint density at radius 3 is 2.90 bits per heavy atom. The SMILES string of the molecule is CCc1ccsc1C(=O)NCCCOC1CCC(N)CC1. The number of hydrogen-bond donors (Lipinski definition) is 2. The third kappa shape index (κ3) is 5.09. The van der Waals surface area contributed by atoms with Gasteiger partial charge in [0.15, 0.2) is 0 Å². The van der Waals surface area contributed by atoms with Crippen molar-refractivity contribution in [2.45, 2.75) is 57.6 Å². The van der Waals surface area contributed by atoms with Gasteiger partial charge in [0.25, 0.3) is 5.91 Å². The van der Waals surface area contributed by atoms with Crippen molar-refractivity contribution in [1.82, 2.24) is 5.32 Å². The summed E-state index contributed by atoms with van der Waals surface area (Å²) >= 11 is 1.51. The molecule has 0 unspecified atom stereocenters. The fourth-order valence-electron chi connectivity index (χ4n) is 2.67. The normalized spacial score (nSPS) is 22.2. The molecule has 0 aliphatic heterocycles. The van der Waals surface area contributed by atoms with E-state index in [2.05, 4.69) is 12.2 Å². The molecule has 4 nitrogen and oxygen atoms in total. The molecule has 1 aliphatic rings. The summed E-state index contributed by atoms with van der Waals surface area (Å²) in [7, 11) is 0. The predicted molar refractivity (Wildman–Crippen MR) is 86.8 cm³/mol. The lowest BCUT2D eigenvalue weighted by Gasteiger charge is -2.26. The molecule has 0 atom stereocenters. The molecule has 1 heterocycles. The number of carbonyl (C=O) groups excluding carboxylic acids is 1. The fraction of sp³-hybridized carbons (Fsp3) is 0.688. The zero-order valence-corrected chi connectivity index (χ0v) is 13.6. The number of nitrogens with two attached hydrogens (primary N) is 1. The molecule has 1 saturated carbocycles. The minimum atomic E-state index is 0.0467. The summed E-state index contributed by atoms with van der Waals surface area (Å²) in [5, 5.41) is 4.95. The molecule has 1 fully saturated rings. The van der Waals surface area contributed by atoms with Gasteiger partial charge in [-0.25, -0.2) is 0 Å². The van der Waals surface area contributed by atoms with Gasteiger partial charge in [-0.05, 0) is 55.5 Å². The summed E-state index contributed by atoms with van der Waals surface area (Å²) in [4.78, 5) is 12.9. The van der Waals surface area contributed by atoms with Gasteiger partial charge in [-0.2, -0.15) is 0 Å². The first-order valence-corrected chi connectivity index (χ1v) is 8.80. The van der Waals surface area contributed by atoms with Crippen LogP contribution in [0.2, 0.25) is 0 Å². The summed E-state index contributed by atoms with van der Waals surface area (Å²) in [5.41, 5.74) is 7.01. The number of carbonyl (C=O) groups is 1. The first kappa shape index (κ1) is 16.5. The van der Waals surface area contributed by atoms with E-state index in [0.29, 0.717) is 25.3 Å². The Balaban J connectivity index is 1.58. The van der Waals surface area contributed by atoms with Crippen LogP contribution in [0.5, 0.6) is 0 Å². The largest absolute Gasteiger partial charge is 0.378 e. The molecular weight excluding hydrogens is 284 g/mol. The lowest BCUT2D eigenvalue weighted by Crippen LogP contribution is -2.31. The number of amides is 1. The van der Waals surface area contributed by atoms with Gasteiger partial charge in [0.05, 0.1) is 11.0 Å². The van der Waals surface area contributed by atoms with Crippen molar-refractivity contribution in [1.29, 1.82) is 0 Å². The van der Waals surface area contributed by atoms with Crippen molar-refractivity contribution in [3.8, 4) is 0 Å². The lowest BCUT2D eigenvalue weighted by atomic mass is 9.94. The molecule has 3 N–H and O–H groups in total. The van der Waals surface area contributed by atoms with E-state index in [9.17, 15) is 4.79 Å². The van der Waals surface area contributed by atoms with Crippen molar-refractivity contribution >= 4 is 17.2 Å². The summed E-state index contributed by atoms with van der Waals surface area (Å²) < 4.78 is 5.84. The lowest BCUT2D eigenvalue weighted by molar-refractivity contribution is 0.0241. The van der Waals surface area contributed by atoms with Crippen molar-refractivity contribution < 1.29 is 9.53 Å². The number of hydrogen-bond acceptors (Lipinski definition) is 4. The van der Waals surface area contributed by atoms with Gasteiger partial charge in [0, 0.05) is 19.2 Å². The highest BCUT2D eigenvalue weighted by atomic mass is 32.1. The number of aryl methyl sites for hydroxylation is 1. The number of thiophene rings is 1. The van der Waals surface area contributed by atoms with Crippen molar-refractivity contribution in [3.63, 3.8) is 0 Å². The summed E-state index contributed by atoms with van der Waals surface area (Å²) in [6.45, 7) is 3.46. The molecule has 5 heteroatoms. The van der Waals surface area contributed by atoms with Gasteiger partial charge in [-0.1, -0.05) is 6.92 Å². The zero-order chi connectivity index (χ0) is 15.1. The van der Waals surface area contributed by atoms with Gasteiger partial charge in [-0.3, -0.25) is 4.79 Å². The van der Waals surface area contributed by atoms with E-state index in [1.165, 1.54) is 11.3 Å². The van der Waals surface area contributed by atoms with E-state index >= 15 is 0 Å². The fourth-order valence-corrected chi connectivity index (χ4v) is 3.58. The molecule has 1 aromatic rings. The van der Waals surface area contributed by atoms with E-state index in [1.54, 1.807) is 0 Å². The maximum Gasteiger partial charge on any atom is 0.261 e. The Bertz CT molecular complexity index is 439. The average Bonchev–Trinajstić information content (AvgIpc) is 2.97. The second-order valence-corrected chi connectivity index (χ2v) is 6.56. The standard InChI is InChI=1S/C16H26N2O2S/c1-2-12-8-11-21-15(12)16(19)18-9-3-10-20-14-6-4-13(17)5-7-14/h8,11,13-14H,2-7,9-10,17H2,1H3,(H,18,19). The van der Waals surface area contributed by atoms with Crippen LogP contribution in [0.1, 0.15) is 54.3 Å². The van der Waals surface area contributed by atoms with E-state index < -0.39 is 0 Å². The number of rotatable bonds is 7. The molecule has 1 aromatic heterocycles. The van der Waals surface area contributed by atoms with Gasteiger partial charge >= 0.3 is 0 Å². The second-order valence-electron chi connectivity index (χ2n) is 5.65. The van der Waals surface area contributed by atoms with Crippen molar-refractivity contribution in [2.75, 3.05) is 13.2 Å². The molecule has 0 spiro atoms. The predicted octanol–water partition coefficient (Wildman–Crippen LogP) is 2.72. The van der Waals surface area contributed by atoms with Crippen LogP contribution in [-0.2, 0) is 11.2 Å². The van der Waals surface area contributed by atoms with E-state index in [4.69, 9.17) is 10.5 Å². The Morgan fingerprint density at radius 2 is 2.19 bits per heavy atom. The number of nitrogens with one attached hydrogen (secondary N) is 1. The Hall–Kier alpha value is -0.910. The van der Waals surface area contributed by atoms with Crippen molar-refractivity contribution in [2.24, 2.45) is 5.73 Å². The van der Waals surface area contributed by atoms with Gasteiger partial charge < -0.3 is 15.8 Å². The molecule has 0 radical (unpaired) electrons. The first-order chi connectivity index (χ1) is 10.2. The Kier molecular flexibility index (Phi) is 6.67. The van der Waals surface area contributed by atoms with E-state index in [-0.39, 0.29) is 5.91 Å². The molecule has 2 rings (SSSR count). The molecular formula is C16H26N2O2S. The van der Waals surface area contributed by atoms with Gasteiger partial charge in [-0.15, -0.1) is 11.3 Å². The summed E-state index contributed by atoms with van der Waals surface area (Å²) in [5.74, 6) is 0.0467. The maximum atomic E-state index is 12.0. The van der Waals surface area contributed by atoms with Crippen LogP contribution in [0.4, 0.5) is 0 Å². The van der Waals surface area contributed by atoms with Crippen molar-refractivity contribution in [3.05, 3.63) is 21.9 Å². The average molecular weight is 310 g/mol. The highest BCUT2D eigenvalue weighted by molar-refractivity contribution is 7.12. The minimum Gasteiger partial charge on any atom is -0.378 e. The molecule has 1 amide bonds. The first-order valence-electron chi connectivity index (χ1n) is 7.92. The topological polar surface area (TPSA) is 64.3 Å². The van der Waals surface area contributed by atoms with Gasteiger partial charge in [0.1, 0.15) is 0 Å². The molecule has 0 aromatic carbocycles. The van der Waals surface area contributed by atoms with Crippen LogP contribution in [-0.4, -0.2) is 31.2 Å². The summed E-state index contributed by atoms with van der Waals surface area (Å²) in [6.07, 6.45) is 6.41. The van der Waals surface area contributed by atoms with Crippen LogP contribution in [0.25, 0.3) is 0 Å². The third-order valence-electron chi connectivity index (χ3n) is 4.01. The highest BCUT2D eigenvalue weighted by Crippen LogP contribution is 2.20. The number of ether oxygens (including phenoxy) is 1. The molecule has 21 heavy (non-hydrogen) atoms. The zero-order valence-electron chi connectivity index (χ0n) is 12.8. The quantitative estimate of drug-likeness (QED) is 0.761. The van der Waals surface area contributed by atoms with E-state index in [1.807, 2.05) is 11.4 Å². The smallest absolute Gasteiger partial charge is 0.261 e. The minimum absolute atomic E-state index is 0.0467. The highest BCUT2D eigenvalue weighted by Gasteiger charge is 2.18. The monoisotopic (exact) mass is 310 g/mol. The summed E-state index contributed by atoms with van der Waals surface area (Å²) in [6, 6.07) is 2.39. The van der Waals surface area contributed by atoms with Crippen LogP contribution >= 0.6 is 11.3 Å². The van der Waals surface area contributed by atoms with Crippen LogP contribution < -0.4 is 11.1 Å². The Labute approximate surface area is 131 Å². The second kappa shape index (κ2) is 8.51. The Morgan fingerprint density at radius 1 is 1.43 bits per heavy atom. The van der Waals surface area contributed by atoms with Crippen LogP contribution in [0.3, 0.4) is 0 Å². The third-order valence-corrected chi connectivity index (χ3v) is 4.97. The van der Waals surface area contributed by atoms with Crippen LogP contribution in [0, 0.1) is 0 Å². The molecule has 0 bridgehead atoms. The molecule has 0 saturated heterocycles. The van der Waals surface area contributed by atoms with Crippen LogP contribution in [0.15, 0.2) is 11.4 Å². The maximum absolute atomic E-state index is 12.0.